The van der Waals surface area contributed by atoms with E-state index in [0.717, 1.165) is 26.1 Å². The molecule has 0 unspecified atom stereocenters. The van der Waals surface area contributed by atoms with E-state index in [2.05, 4.69) is 59.0 Å². The molecule has 0 aliphatic carbocycles. The number of aromatic nitrogens is 1. The molecule has 0 aliphatic rings. The Morgan fingerprint density at radius 1 is 1.28 bits per heavy atom. The van der Waals surface area contributed by atoms with E-state index in [-0.39, 0.29) is 0 Å². The van der Waals surface area contributed by atoms with Gasteiger partial charge in [-0.25, -0.2) is 0 Å². The van der Waals surface area contributed by atoms with Crippen LogP contribution >= 0.6 is 0 Å². The van der Waals surface area contributed by atoms with Gasteiger partial charge in [0.05, 0.1) is 6.54 Å². The number of hydrogen-bond acceptors (Lipinski definition) is 1. The lowest BCUT2D eigenvalue weighted by atomic mass is 10.2. The predicted molar refractivity (Wildman–Crippen MR) is 77.4 cm³/mol. The normalized spacial score (nSPS) is 10.3. The lowest BCUT2D eigenvalue weighted by Crippen LogP contribution is -2.16. The Morgan fingerprint density at radius 2 is 2.11 bits per heavy atom. The molecular formula is C16H20N2. The van der Waals surface area contributed by atoms with Crippen LogP contribution in [0.15, 0.2) is 30.3 Å². The summed E-state index contributed by atoms with van der Waals surface area (Å²) in [5, 5.41) is 4.76. The molecule has 2 aromatic rings. The van der Waals surface area contributed by atoms with Gasteiger partial charge in [0, 0.05) is 17.8 Å². The number of nitrogens with one attached hydrogen (secondary N) is 1. The first-order valence-electron chi connectivity index (χ1n) is 6.54. The van der Waals surface area contributed by atoms with Crippen LogP contribution in [-0.4, -0.2) is 11.1 Å². The Labute approximate surface area is 109 Å². The Morgan fingerprint density at radius 3 is 2.89 bits per heavy atom. The van der Waals surface area contributed by atoms with Crippen molar-refractivity contribution in [1.29, 1.82) is 0 Å². The SMILES string of the molecule is CC#CCn1c(CNCCC)cc2ccccc21. The highest BCUT2D eigenvalue weighted by Crippen LogP contribution is 2.19. The van der Waals surface area contributed by atoms with E-state index in [1.165, 1.54) is 16.6 Å². The Balaban J connectivity index is 2.32. The fraction of sp³-hybridized carbons (Fsp3) is 0.375. The van der Waals surface area contributed by atoms with Gasteiger partial charge in [0.25, 0.3) is 0 Å². The molecule has 1 aromatic heterocycles. The monoisotopic (exact) mass is 240 g/mol. The molecule has 0 saturated carbocycles. The summed E-state index contributed by atoms with van der Waals surface area (Å²) >= 11 is 0. The molecule has 18 heavy (non-hydrogen) atoms. The number of benzene rings is 1. The molecule has 0 spiro atoms. The average Bonchev–Trinajstić information content (AvgIpc) is 2.74. The molecule has 1 aromatic carbocycles. The fourth-order valence-electron chi connectivity index (χ4n) is 2.15. The van der Waals surface area contributed by atoms with Crippen LogP contribution in [0, 0.1) is 11.8 Å². The zero-order valence-corrected chi connectivity index (χ0v) is 11.2. The summed E-state index contributed by atoms with van der Waals surface area (Å²) in [6.45, 7) is 6.81. The molecule has 1 N–H and O–H groups in total. The van der Waals surface area contributed by atoms with Gasteiger partial charge in [0.2, 0.25) is 0 Å². The third-order valence-corrected chi connectivity index (χ3v) is 3.04. The quantitative estimate of drug-likeness (QED) is 0.627. The van der Waals surface area contributed by atoms with Gasteiger partial charge < -0.3 is 9.88 Å². The van der Waals surface area contributed by atoms with Crippen LogP contribution in [0.3, 0.4) is 0 Å². The van der Waals surface area contributed by atoms with Crippen molar-refractivity contribution in [3.63, 3.8) is 0 Å². The maximum absolute atomic E-state index is 3.46. The maximum atomic E-state index is 3.46. The topological polar surface area (TPSA) is 17.0 Å². The smallest absolute Gasteiger partial charge is 0.0840 e. The first-order valence-corrected chi connectivity index (χ1v) is 6.54. The molecule has 2 nitrogen and oxygen atoms in total. The third-order valence-electron chi connectivity index (χ3n) is 3.04. The minimum atomic E-state index is 0.771. The van der Waals surface area contributed by atoms with E-state index in [9.17, 15) is 0 Å². The second-order valence-electron chi connectivity index (χ2n) is 4.38. The lowest BCUT2D eigenvalue weighted by molar-refractivity contribution is 0.641. The summed E-state index contributed by atoms with van der Waals surface area (Å²) in [5.41, 5.74) is 2.58. The zero-order valence-electron chi connectivity index (χ0n) is 11.2. The largest absolute Gasteiger partial charge is 0.332 e. The highest BCUT2D eigenvalue weighted by Gasteiger charge is 2.06. The number of hydrogen-bond donors (Lipinski definition) is 1. The fourth-order valence-corrected chi connectivity index (χ4v) is 2.15. The molecule has 2 heteroatoms. The number of para-hydroxylation sites is 1. The van der Waals surface area contributed by atoms with Gasteiger partial charge >= 0.3 is 0 Å². The van der Waals surface area contributed by atoms with E-state index in [1.54, 1.807) is 0 Å². The summed E-state index contributed by atoms with van der Waals surface area (Å²) in [6, 6.07) is 10.8. The highest BCUT2D eigenvalue weighted by atomic mass is 15.0. The Bertz CT molecular complexity index is 570. The van der Waals surface area contributed by atoms with E-state index in [4.69, 9.17) is 0 Å². The average molecular weight is 240 g/mol. The minimum absolute atomic E-state index is 0.771. The van der Waals surface area contributed by atoms with E-state index < -0.39 is 0 Å². The highest BCUT2D eigenvalue weighted by molar-refractivity contribution is 5.81. The van der Waals surface area contributed by atoms with Crippen molar-refractivity contribution >= 4 is 10.9 Å². The second-order valence-corrected chi connectivity index (χ2v) is 4.38. The Kier molecular flexibility index (Phi) is 4.44. The number of nitrogens with zero attached hydrogens (tertiary/aromatic N) is 1. The Hall–Kier alpha value is -1.72. The second kappa shape index (κ2) is 6.28. The van der Waals surface area contributed by atoms with Crippen molar-refractivity contribution in [1.82, 2.24) is 9.88 Å². The maximum Gasteiger partial charge on any atom is 0.0840 e. The van der Waals surface area contributed by atoms with Gasteiger partial charge in [0.15, 0.2) is 0 Å². The molecular weight excluding hydrogens is 220 g/mol. The molecule has 2 rings (SSSR count). The van der Waals surface area contributed by atoms with Crippen molar-refractivity contribution in [3.05, 3.63) is 36.0 Å². The molecule has 0 aliphatic heterocycles. The molecule has 94 valence electrons. The van der Waals surface area contributed by atoms with Crippen LogP contribution in [-0.2, 0) is 13.1 Å². The third kappa shape index (κ3) is 2.75. The van der Waals surface area contributed by atoms with E-state index in [1.807, 2.05) is 6.92 Å². The van der Waals surface area contributed by atoms with Crippen LogP contribution in [0.5, 0.6) is 0 Å². The molecule has 0 radical (unpaired) electrons. The lowest BCUT2D eigenvalue weighted by Gasteiger charge is -2.08. The summed E-state index contributed by atoms with van der Waals surface area (Å²) in [5.74, 6) is 6.13. The van der Waals surface area contributed by atoms with Crippen LogP contribution < -0.4 is 5.32 Å². The van der Waals surface area contributed by atoms with Crippen molar-refractivity contribution in [2.45, 2.75) is 33.4 Å². The molecule has 0 saturated heterocycles. The van der Waals surface area contributed by atoms with Crippen LogP contribution in [0.4, 0.5) is 0 Å². The molecule has 0 bridgehead atoms. The van der Waals surface area contributed by atoms with Crippen LogP contribution in [0.1, 0.15) is 26.0 Å². The van der Waals surface area contributed by atoms with Gasteiger partial charge in [0.1, 0.15) is 0 Å². The van der Waals surface area contributed by atoms with Gasteiger partial charge in [-0.05, 0) is 37.4 Å². The molecule has 0 atom stereocenters. The standard InChI is InChI=1S/C16H20N2/c1-3-5-11-18-15(13-17-10-4-2)12-14-8-6-7-9-16(14)18/h6-9,12,17H,4,10-11,13H2,1-2H3. The number of rotatable bonds is 5. The van der Waals surface area contributed by atoms with Gasteiger partial charge in [-0.2, -0.15) is 0 Å². The predicted octanol–water partition coefficient (Wildman–Crippen LogP) is 3.16. The summed E-state index contributed by atoms with van der Waals surface area (Å²) in [7, 11) is 0. The van der Waals surface area contributed by atoms with Crippen molar-refractivity contribution < 1.29 is 0 Å². The first-order chi connectivity index (χ1) is 8.86. The van der Waals surface area contributed by atoms with E-state index >= 15 is 0 Å². The first kappa shape index (κ1) is 12.7. The minimum Gasteiger partial charge on any atom is -0.332 e. The molecule has 0 amide bonds. The summed E-state index contributed by atoms with van der Waals surface area (Å²) in [4.78, 5) is 0. The molecule has 0 fully saturated rings. The summed E-state index contributed by atoms with van der Waals surface area (Å²) in [6.07, 6.45) is 1.16. The zero-order chi connectivity index (χ0) is 12.8. The van der Waals surface area contributed by atoms with Gasteiger partial charge in [-0.3, -0.25) is 0 Å². The number of fused-ring (bicyclic) bond motifs is 1. The van der Waals surface area contributed by atoms with Crippen LogP contribution in [0.25, 0.3) is 10.9 Å². The van der Waals surface area contributed by atoms with Gasteiger partial charge in [-0.15, -0.1) is 5.92 Å². The van der Waals surface area contributed by atoms with Gasteiger partial charge in [-0.1, -0.05) is 31.0 Å². The van der Waals surface area contributed by atoms with Crippen molar-refractivity contribution in [2.24, 2.45) is 0 Å². The van der Waals surface area contributed by atoms with Crippen molar-refractivity contribution in [3.8, 4) is 11.8 Å². The molecule has 1 heterocycles. The van der Waals surface area contributed by atoms with E-state index in [0.29, 0.717) is 0 Å². The van der Waals surface area contributed by atoms with Crippen LogP contribution in [0.2, 0.25) is 0 Å². The summed E-state index contributed by atoms with van der Waals surface area (Å²) < 4.78 is 2.30. The van der Waals surface area contributed by atoms with Crippen molar-refractivity contribution in [2.75, 3.05) is 6.54 Å².